The molecule has 5 aromatic rings. The molecule has 2 nitrogen and oxygen atoms in total. The van der Waals surface area contributed by atoms with Crippen LogP contribution in [0, 0.1) is 5.92 Å². The third-order valence-corrected chi connectivity index (χ3v) is 6.28. The molecule has 5 rings (SSSR count). The van der Waals surface area contributed by atoms with E-state index in [4.69, 9.17) is 0 Å². The minimum absolute atomic E-state index is 0.0776. The maximum absolute atomic E-state index is 2.44. The molecule has 3 aromatic carbocycles. The summed E-state index contributed by atoms with van der Waals surface area (Å²) in [6.07, 6.45) is 9.19. The molecule has 0 aliphatic carbocycles. The second-order valence-corrected chi connectivity index (χ2v) is 9.00. The molecule has 0 aliphatic heterocycles. The third kappa shape index (κ3) is 4.01. The quantitative estimate of drug-likeness (QED) is 0.252. The second-order valence-electron chi connectivity index (χ2n) is 9.00. The van der Waals surface area contributed by atoms with Crippen molar-refractivity contribution in [2.75, 3.05) is 0 Å². The van der Waals surface area contributed by atoms with Crippen LogP contribution in [0.15, 0.2) is 109 Å². The van der Waals surface area contributed by atoms with Crippen LogP contribution in [0.3, 0.4) is 0 Å². The smallest absolute Gasteiger partial charge is 0.132 e. The van der Waals surface area contributed by atoms with E-state index in [1.54, 1.807) is 0 Å². The van der Waals surface area contributed by atoms with E-state index in [2.05, 4.69) is 132 Å². The molecule has 0 amide bonds. The molecule has 0 aliphatic rings. The zero-order valence-electron chi connectivity index (χ0n) is 18.9. The van der Waals surface area contributed by atoms with Gasteiger partial charge in [-0.05, 0) is 64.9 Å². The molecule has 0 atom stereocenters. The van der Waals surface area contributed by atoms with E-state index in [0.717, 1.165) is 12.8 Å². The fourth-order valence-electron chi connectivity index (χ4n) is 4.62. The van der Waals surface area contributed by atoms with Crippen LogP contribution >= 0.6 is 0 Å². The van der Waals surface area contributed by atoms with Crippen molar-refractivity contribution in [3.05, 3.63) is 115 Å². The Morgan fingerprint density at radius 2 is 1.22 bits per heavy atom. The summed E-state index contributed by atoms with van der Waals surface area (Å²) >= 11 is 0. The first-order chi connectivity index (χ1) is 15.7. The van der Waals surface area contributed by atoms with Crippen molar-refractivity contribution < 1.29 is 0 Å². The Kier molecular flexibility index (Phi) is 5.68. The zero-order valence-corrected chi connectivity index (χ0v) is 18.9. The fraction of sp³-hybridized carbons (Fsp3) is 0.200. The number of fused-ring (bicyclic) bond motifs is 2. The molecule has 0 N–H and O–H groups in total. The Labute approximate surface area is 190 Å². The second kappa shape index (κ2) is 8.92. The number of hydrogen-bond acceptors (Lipinski definition) is 0. The molecule has 2 aromatic heterocycles. The van der Waals surface area contributed by atoms with E-state index >= 15 is 0 Å². The topological polar surface area (TPSA) is 9.86 Å². The van der Waals surface area contributed by atoms with Crippen molar-refractivity contribution in [1.82, 2.24) is 9.13 Å². The lowest BCUT2D eigenvalue weighted by Crippen LogP contribution is -2.19. The highest BCUT2D eigenvalue weighted by Crippen LogP contribution is 2.34. The molecule has 0 spiro atoms. The Morgan fingerprint density at radius 3 is 1.78 bits per heavy atom. The van der Waals surface area contributed by atoms with Gasteiger partial charge in [-0.15, -0.1) is 0 Å². The number of allylic oxidation sites excluding steroid dienone is 1. The summed E-state index contributed by atoms with van der Waals surface area (Å²) in [5.74, 6) is 0.651. The predicted molar refractivity (Wildman–Crippen MR) is 137 cm³/mol. The molecule has 2 heteroatoms. The standard InChI is InChI=1S/C30H30N2/c1-23(2)16-17-27(22-24-10-4-3-5-11-24)30(31-20-18-25-12-6-8-14-28(25)31)32-21-19-26-13-7-9-15-29(26)32/h3-15,18-23,30H,16-17H2,1-2H3/b27-22+. The first kappa shape index (κ1) is 20.4. The number of hydrogen-bond donors (Lipinski definition) is 0. The largest absolute Gasteiger partial charge is 0.322 e. The van der Waals surface area contributed by atoms with Crippen LogP contribution in [0.1, 0.15) is 38.4 Å². The molecular formula is C30H30N2. The first-order valence-corrected chi connectivity index (χ1v) is 11.6. The number of aromatic nitrogens is 2. The molecule has 0 fully saturated rings. The molecule has 0 bridgehead atoms. The van der Waals surface area contributed by atoms with E-state index in [-0.39, 0.29) is 6.17 Å². The monoisotopic (exact) mass is 418 g/mol. The van der Waals surface area contributed by atoms with Gasteiger partial charge in [0.1, 0.15) is 6.17 Å². The fourth-order valence-corrected chi connectivity index (χ4v) is 4.62. The summed E-state index contributed by atoms with van der Waals surface area (Å²) in [6.45, 7) is 4.62. The maximum atomic E-state index is 2.44. The molecule has 0 saturated heterocycles. The summed E-state index contributed by atoms with van der Waals surface area (Å²) in [4.78, 5) is 0. The zero-order chi connectivity index (χ0) is 21.9. The van der Waals surface area contributed by atoms with Gasteiger partial charge >= 0.3 is 0 Å². The van der Waals surface area contributed by atoms with Crippen molar-refractivity contribution in [2.24, 2.45) is 5.92 Å². The highest BCUT2D eigenvalue weighted by molar-refractivity contribution is 5.82. The number of rotatable bonds is 7. The van der Waals surface area contributed by atoms with Crippen LogP contribution in [-0.2, 0) is 0 Å². The van der Waals surface area contributed by atoms with E-state index in [1.807, 2.05) is 0 Å². The van der Waals surface area contributed by atoms with Crippen molar-refractivity contribution in [3.8, 4) is 0 Å². The van der Waals surface area contributed by atoms with Crippen LogP contribution < -0.4 is 0 Å². The van der Waals surface area contributed by atoms with Crippen molar-refractivity contribution >= 4 is 27.9 Å². The van der Waals surface area contributed by atoms with Gasteiger partial charge in [0, 0.05) is 12.4 Å². The Morgan fingerprint density at radius 1 is 0.688 bits per heavy atom. The van der Waals surface area contributed by atoms with Crippen molar-refractivity contribution in [3.63, 3.8) is 0 Å². The minimum Gasteiger partial charge on any atom is -0.322 e. The van der Waals surface area contributed by atoms with Crippen LogP contribution in [0.4, 0.5) is 0 Å². The molecular weight excluding hydrogens is 388 g/mol. The molecule has 0 unspecified atom stereocenters. The number of nitrogens with zero attached hydrogens (tertiary/aromatic N) is 2. The molecule has 32 heavy (non-hydrogen) atoms. The SMILES string of the molecule is CC(C)CC/C(=C\c1ccccc1)C(n1ccc2ccccc21)n1ccc2ccccc21. The first-order valence-electron chi connectivity index (χ1n) is 11.6. The Bertz CT molecular complexity index is 1280. The van der Waals surface area contributed by atoms with Gasteiger partial charge in [-0.1, -0.05) is 86.7 Å². The molecule has 160 valence electrons. The van der Waals surface area contributed by atoms with Crippen LogP contribution in [0.2, 0.25) is 0 Å². The van der Waals surface area contributed by atoms with E-state index in [0.29, 0.717) is 5.92 Å². The lowest BCUT2D eigenvalue weighted by molar-refractivity contribution is 0.485. The lowest BCUT2D eigenvalue weighted by atomic mass is 9.98. The van der Waals surface area contributed by atoms with Crippen LogP contribution in [-0.4, -0.2) is 9.13 Å². The number of benzene rings is 3. The maximum Gasteiger partial charge on any atom is 0.132 e. The van der Waals surface area contributed by atoms with Gasteiger partial charge < -0.3 is 9.13 Å². The predicted octanol–water partition coefficient (Wildman–Crippen LogP) is 8.16. The number of para-hydroxylation sites is 2. The van der Waals surface area contributed by atoms with Gasteiger partial charge in [-0.3, -0.25) is 0 Å². The van der Waals surface area contributed by atoms with Gasteiger partial charge in [0.15, 0.2) is 0 Å². The summed E-state index contributed by atoms with van der Waals surface area (Å²) in [5, 5.41) is 2.55. The van der Waals surface area contributed by atoms with Gasteiger partial charge in [0.2, 0.25) is 0 Å². The minimum atomic E-state index is 0.0776. The summed E-state index contributed by atoms with van der Waals surface area (Å²) in [7, 11) is 0. The lowest BCUT2D eigenvalue weighted by Gasteiger charge is -2.27. The Hall–Kier alpha value is -3.52. The normalized spacial score (nSPS) is 12.4. The average Bonchev–Trinajstić information content (AvgIpc) is 3.43. The molecule has 0 radical (unpaired) electrons. The Balaban J connectivity index is 1.74. The molecule has 0 saturated carbocycles. The highest BCUT2D eigenvalue weighted by Gasteiger charge is 2.21. The van der Waals surface area contributed by atoms with E-state index in [9.17, 15) is 0 Å². The van der Waals surface area contributed by atoms with E-state index in [1.165, 1.54) is 32.9 Å². The highest BCUT2D eigenvalue weighted by atomic mass is 15.2. The summed E-state index contributed by atoms with van der Waals surface area (Å²) in [5.41, 5.74) is 5.20. The van der Waals surface area contributed by atoms with E-state index < -0.39 is 0 Å². The average molecular weight is 419 g/mol. The van der Waals surface area contributed by atoms with Gasteiger partial charge in [-0.2, -0.15) is 0 Å². The van der Waals surface area contributed by atoms with Crippen LogP contribution in [0.25, 0.3) is 27.9 Å². The summed E-state index contributed by atoms with van der Waals surface area (Å²) < 4.78 is 4.88. The van der Waals surface area contributed by atoms with Crippen LogP contribution in [0.5, 0.6) is 0 Å². The van der Waals surface area contributed by atoms with Crippen molar-refractivity contribution in [2.45, 2.75) is 32.9 Å². The van der Waals surface area contributed by atoms with Gasteiger partial charge in [0.25, 0.3) is 0 Å². The van der Waals surface area contributed by atoms with Gasteiger partial charge in [-0.25, -0.2) is 0 Å². The molecule has 2 heterocycles. The third-order valence-electron chi connectivity index (χ3n) is 6.28. The van der Waals surface area contributed by atoms with Gasteiger partial charge in [0.05, 0.1) is 11.0 Å². The summed E-state index contributed by atoms with van der Waals surface area (Å²) in [6, 6.07) is 32.6. The van der Waals surface area contributed by atoms with Crippen molar-refractivity contribution in [1.29, 1.82) is 0 Å².